The molecule has 0 unspecified atom stereocenters. The second kappa shape index (κ2) is 3.84. The van der Waals surface area contributed by atoms with Crippen LogP contribution >= 0.6 is 0 Å². The van der Waals surface area contributed by atoms with Crippen molar-refractivity contribution in [1.29, 1.82) is 0 Å². The standard InChI is InChI=1S/C8H10N3O2/c1-5(2)10-7(12)6-3-4-9-8(13)11-6/h3-5H,1-2H3,(H,10,12). The molecule has 13 heavy (non-hydrogen) atoms. The molecule has 1 N–H and O–H groups in total. The Morgan fingerprint density at radius 3 is 2.77 bits per heavy atom. The molecule has 69 valence electrons. The third kappa shape index (κ3) is 2.70. The van der Waals surface area contributed by atoms with Crippen molar-refractivity contribution in [3.8, 4) is 6.01 Å². The third-order valence-electron chi connectivity index (χ3n) is 1.29. The monoisotopic (exact) mass is 180 g/mol. The third-order valence-corrected chi connectivity index (χ3v) is 1.29. The van der Waals surface area contributed by atoms with Gasteiger partial charge in [-0.3, -0.25) is 4.79 Å². The Hall–Kier alpha value is -1.65. The highest BCUT2D eigenvalue weighted by molar-refractivity contribution is 5.92. The molecule has 0 aliphatic carbocycles. The maximum absolute atomic E-state index is 11.3. The van der Waals surface area contributed by atoms with Gasteiger partial charge in [-0.2, -0.15) is 4.98 Å². The van der Waals surface area contributed by atoms with Gasteiger partial charge in [-0.05, 0) is 19.9 Å². The fourth-order valence-electron chi connectivity index (χ4n) is 0.803. The molecule has 1 rings (SSSR count). The van der Waals surface area contributed by atoms with E-state index in [2.05, 4.69) is 15.3 Å². The zero-order valence-corrected chi connectivity index (χ0v) is 7.44. The first-order valence-electron chi connectivity index (χ1n) is 3.90. The van der Waals surface area contributed by atoms with Gasteiger partial charge in [0.25, 0.3) is 5.91 Å². The van der Waals surface area contributed by atoms with Gasteiger partial charge in [-0.1, -0.05) is 0 Å². The molecule has 0 aliphatic heterocycles. The Balaban J connectivity index is 2.77. The summed E-state index contributed by atoms with van der Waals surface area (Å²) in [6, 6.07) is 0.785. The van der Waals surface area contributed by atoms with E-state index in [0.29, 0.717) is 0 Å². The Labute approximate surface area is 75.8 Å². The van der Waals surface area contributed by atoms with Crippen molar-refractivity contribution in [3.63, 3.8) is 0 Å². The average Bonchev–Trinajstić information content (AvgIpc) is 2.03. The van der Waals surface area contributed by atoms with Crippen molar-refractivity contribution in [3.05, 3.63) is 18.0 Å². The summed E-state index contributed by atoms with van der Waals surface area (Å²) in [6.45, 7) is 3.66. The van der Waals surface area contributed by atoms with Crippen molar-refractivity contribution < 1.29 is 9.90 Å². The summed E-state index contributed by atoms with van der Waals surface area (Å²) < 4.78 is 0. The Morgan fingerprint density at radius 1 is 1.54 bits per heavy atom. The van der Waals surface area contributed by atoms with E-state index in [0.717, 1.165) is 0 Å². The molecule has 1 aromatic rings. The summed E-state index contributed by atoms with van der Waals surface area (Å²) >= 11 is 0. The minimum absolute atomic E-state index is 0.0255. The van der Waals surface area contributed by atoms with Gasteiger partial charge >= 0.3 is 6.01 Å². The molecule has 1 amide bonds. The fraction of sp³-hybridized carbons (Fsp3) is 0.375. The molecule has 0 saturated carbocycles. The van der Waals surface area contributed by atoms with Crippen LogP contribution in [-0.4, -0.2) is 21.9 Å². The van der Waals surface area contributed by atoms with Gasteiger partial charge in [0.2, 0.25) is 0 Å². The van der Waals surface area contributed by atoms with Crippen LogP contribution in [0.5, 0.6) is 6.01 Å². The second-order valence-corrected chi connectivity index (χ2v) is 2.85. The number of nitrogens with one attached hydrogen (secondary N) is 1. The molecule has 1 radical (unpaired) electrons. The van der Waals surface area contributed by atoms with Crippen LogP contribution in [0, 0.1) is 0 Å². The Bertz CT molecular complexity index is 312. The van der Waals surface area contributed by atoms with Crippen LogP contribution in [0.4, 0.5) is 0 Å². The van der Waals surface area contributed by atoms with Crippen LogP contribution < -0.4 is 5.32 Å². The largest absolute Gasteiger partial charge is 0.367 e. The van der Waals surface area contributed by atoms with E-state index in [1.807, 2.05) is 13.8 Å². The molecule has 0 fully saturated rings. The molecule has 0 saturated heterocycles. The van der Waals surface area contributed by atoms with Gasteiger partial charge in [0, 0.05) is 12.2 Å². The lowest BCUT2D eigenvalue weighted by Gasteiger charge is -2.06. The maximum Gasteiger partial charge on any atom is 0.367 e. The molecular weight excluding hydrogens is 170 g/mol. The zero-order valence-electron chi connectivity index (χ0n) is 7.44. The SMILES string of the molecule is CC(C)NC(=O)c1ccnc([O])n1. The topological polar surface area (TPSA) is 74.8 Å². The molecule has 5 heteroatoms. The maximum atomic E-state index is 11.3. The van der Waals surface area contributed by atoms with E-state index in [9.17, 15) is 9.90 Å². The first-order valence-corrected chi connectivity index (χ1v) is 3.90. The van der Waals surface area contributed by atoms with E-state index < -0.39 is 6.01 Å². The summed E-state index contributed by atoms with van der Waals surface area (Å²) in [5, 5.41) is 13.3. The quantitative estimate of drug-likeness (QED) is 0.730. The van der Waals surface area contributed by atoms with Gasteiger partial charge in [-0.25, -0.2) is 10.1 Å². The van der Waals surface area contributed by atoms with Crippen LogP contribution in [-0.2, 0) is 5.11 Å². The fourth-order valence-corrected chi connectivity index (χ4v) is 0.803. The average molecular weight is 180 g/mol. The second-order valence-electron chi connectivity index (χ2n) is 2.85. The number of carbonyl (C=O) groups is 1. The number of nitrogens with zero attached hydrogens (tertiary/aromatic N) is 2. The van der Waals surface area contributed by atoms with Crippen molar-refractivity contribution >= 4 is 5.91 Å². The molecule has 0 atom stereocenters. The van der Waals surface area contributed by atoms with E-state index in [4.69, 9.17) is 0 Å². The zero-order chi connectivity index (χ0) is 9.84. The number of hydrogen-bond donors (Lipinski definition) is 1. The summed E-state index contributed by atoms with van der Waals surface area (Å²) in [5.74, 6) is -0.352. The van der Waals surface area contributed by atoms with Crippen LogP contribution in [0.2, 0.25) is 0 Å². The predicted molar refractivity (Wildman–Crippen MR) is 44.8 cm³/mol. The minimum atomic E-state index is -0.642. The molecular formula is C8H10N3O2. The van der Waals surface area contributed by atoms with Crippen molar-refractivity contribution in [1.82, 2.24) is 15.3 Å². The lowest BCUT2D eigenvalue weighted by atomic mass is 10.3. The van der Waals surface area contributed by atoms with Gasteiger partial charge in [-0.15, -0.1) is 0 Å². The summed E-state index contributed by atoms with van der Waals surface area (Å²) in [4.78, 5) is 18.1. The number of rotatable bonds is 2. The van der Waals surface area contributed by atoms with Crippen LogP contribution in [0.3, 0.4) is 0 Å². The van der Waals surface area contributed by atoms with Gasteiger partial charge in [0.1, 0.15) is 5.69 Å². The lowest BCUT2D eigenvalue weighted by molar-refractivity contribution is 0.0936. The molecule has 0 bridgehead atoms. The summed E-state index contributed by atoms with van der Waals surface area (Å²) in [7, 11) is 0. The first kappa shape index (κ1) is 9.44. The van der Waals surface area contributed by atoms with Gasteiger partial charge in [0.05, 0.1) is 0 Å². The number of aromatic nitrogens is 2. The molecule has 5 nitrogen and oxygen atoms in total. The van der Waals surface area contributed by atoms with Crippen molar-refractivity contribution in [2.75, 3.05) is 0 Å². The lowest BCUT2D eigenvalue weighted by Crippen LogP contribution is -2.30. The van der Waals surface area contributed by atoms with E-state index in [1.165, 1.54) is 12.3 Å². The van der Waals surface area contributed by atoms with Gasteiger partial charge < -0.3 is 5.32 Å². The highest BCUT2D eigenvalue weighted by atomic mass is 16.3. The Kier molecular flexibility index (Phi) is 2.79. The minimum Gasteiger partial charge on any atom is -0.349 e. The highest BCUT2D eigenvalue weighted by Crippen LogP contribution is 2.00. The normalized spacial score (nSPS) is 10.1. The molecule has 1 heterocycles. The van der Waals surface area contributed by atoms with Crippen LogP contribution in [0.25, 0.3) is 0 Å². The predicted octanol–water partition coefficient (Wildman–Crippen LogP) is 0.759. The van der Waals surface area contributed by atoms with Crippen LogP contribution in [0.15, 0.2) is 12.3 Å². The van der Waals surface area contributed by atoms with Crippen molar-refractivity contribution in [2.45, 2.75) is 19.9 Å². The summed E-state index contributed by atoms with van der Waals surface area (Å²) in [5.41, 5.74) is 0.105. The van der Waals surface area contributed by atoms with Crippen LogP contribution in [0.1, 0.15) is 24.3 Å². The summed E-state index contributed by atoms with van der Waals surface area (Å²) in [6.07, 6.45) is 1.27. The molecule has 1 aromatic heterocycles. The van der Waals surface area contributed by atoms with E-state index in [-0.39, 0.29) is 17.6 Å². The highest BCUT2D eigenvalue weighted by Gasteiger charge is 2.09. The number of carbonyl (C=O) groups excluding carboxylic acids is 1. The molecule has 0 aliphatic rings. The smallest absolute Gasteiger partial charge is 0.349 e. The first-order chi connectivity index (χ1) is 6.09. The molecule has 0 aromatic carbocycles. The van der Waals surface area contributed by atoms with E-state index in [1.54, 1.807) is 0 Å². The number of hydrogen-bond acceptors (Lipinski definition) is 3. The van der Waals surface area contributed by atoms with E-state index >= 15 is 0 Å². The van der Waals surface area contributed by atoms with Crippen molar-refractivity contribution in [2.24, 2.45) is 0 Å². The molecule has 0 spiro atoms. The van der Waals surface area contributed by atoms with Gasteiger partial charge in [0.15, 0.2) is 0 Å². The number of amides is 1. The Morgan fingerprint density at radius 2 is 2.23 bits per heavy atom.